The van der Waals surface area contributed by atoms with Crippen LogP contribution in [0.15, 0.2) is 0 Å². The highest BCUT2D eigenvalue weighted by Gasteiger charge is 2.21. The van der Waals surface area contributed by atoms with Gasteiger partial charge >= 0.3 is 0 Å². The van der Waals surface area contributed by atoms with Gasteiger partial charge in [-0.1, -0.05) is 0 Å². The van der Waals surface area contributed by atoms with Gasteiger partial charge < -0.3 is 0 Å². The van der Waals surface area contributed by atoms with Gasteiger partial charge in [0, 0.05) is 4.88 Å². The second kappa shape index (κ2) is 4.07. The zero-order valence-electron chi connectivity index (χ0n) is 8.91. The Balaban J connectivity index is 2.47. The van der Waals surface area contributed by atoms with Crippen molar-refractivity contribution < 1.29 is 8.42 Å². The molecule has 4 nitrogen and oxygen atoms in total. The Bertz CT molecular complexity index is 552. The predicted molar refractivity (Wildman–Crippen MR) is 64.1 cm³/mol. The summed E-state index contributed by atoms with van der Waals surface area (Å²) in [7, 11) is -3.30. The number of anilines is 1. The highest BCUT2D eigenvalue weighted by molar-refractivity contribution is 7.92. The van der Waals surface area contributed by atoms with Crippen LogP contribution in [0.3, 0.4) is 0 Å². The molecular weight excluding hydrogens is 244 g/mol. The fraction of sp³-hybridized carbons (Fsp3) is 0.500. The number of rotatable bonds is 2. The average molecular weight is 256 g/mol. The van der Waals surface area contributed by atoms with Crippen molar-refractivity contribution in [2.45, 2.75) is 25.7 Å². The van der Waals surface area contributed by atoms with E-state index >= 15 is 0 Å². The van der Waals surface area contributed by atoms with Crippen LogP contribution in [0, 0.1) is 11.3 Å². The first-order valence-corrected chi connectivity index (χ1v) is 7.74. The molecule has 1 aliphatic carbocycles. The van der Waals surface area contributed by atoms with Gasteiger partial charge in [-0.3, -0.25) is 4.72 Å². The molecule has 1 aromatic rings. The summed E-state index contributed by atoms with van der Waals surface area (Å²) in [6.07, 6.45) is 5.15. The lowest BCUT2D eigenvalue weighted by atomic mass is 9.96. The van der Waals surface area contributed by atoms with Gasteiger partial charge in [0.2, 0.25) is 10.0 Å². The third kappa shape index (κ3) is 2.20. The summed E-state index contributed by atoms with van der Waals surface area (Å²) in [6.45, 7) is 0. The molecule has 0 unspecified atom stereocenters. The van der Waals surface area contributed by atoms with Gasteiger partial charge in [-0.2, -0.15) is 5.26 Å². The molecule has 1 N–H and O–H groups in total. The Morgan fingerprint density at radius 3 is 2.69 bits per heavy atom. The Labute approximate surface area is 99.0 Å². The molecule has 0 saturated heterocycles. The fourth-order valence-electron chi connectivity index (χ4n) is 1.92. The summed E-state index contributed by atoms with van der Waals surface area (Å²) < 4.78 is 24.8. The van der Waals surface area contributed by atoms with Crippen LogP contribution in [-0.4, -0.2) is 14.7 Å². The van der Waals surface area contributed by atoms with Crippen LogP contribution in [-0.2, 0) is 22.9 Å². The fourth-order valence-corrected chi connectivity index (χ4v) is 4.08. The van der Waals surface area contributed by atoms with E-state index in [9.17, 15) is 8.42 Å². The van der Waals surface area contributed by atoms with Crippen LogP contribution in [0.5, 0.6) is 0 Å². The molecule has 0 atom stereocenters. The van der Waals surface area contributed by atoms with Crippen molar-refractivity contribution in [1.82, 2.24) is 0 Å². The van der Waals surface area contributed by atoms with Gasteiger partial charge in [-0.15, -0.1) is 11.3 Å². The molecule has 2 rings (SSSR count). The first-order valence-electron chi connectivity index (χ1n) is 5.03. The van der Waals surface area contributed by atoms with Crippen LogP contribution in [0.2, 0.25) is 0 Å². The normalized spacial score (nSPS) is 15.2. The van der Waals surface area contributed by atoms with Crippen molar-refractivity contribution in [3.63, 3.8) is 0 Å². The number of aryl methyl sites for hydroxylation is 1. The molecule has 0 saturated carbocycles. The van der Waals surface area contributed by atoms with Crippen molar-refractivity contribution in [3.8, 4) is 6.07 Å². The maximum absolute atomic E-state index is 11.2. The molecule has 1 heterocycles. The van der Waals surface area contributed by atoms with E-state index in [4.69, 9.17) is 5.26 Å². The Hall–Kier alpha value is -1.06. The molecule has 0 amide bonds. The van der Waals surface area contributed by atoms with Gasteiger partial charge in [0.05, 0.1) is 11.8 Å². The monoisotopic (exact) mass is 256 g/mol. The molecule has 86 valence electrons. The number of nitrogens with one attached hydrogen (secondary N) is 1. The van der Waals surface area contributed by atoms with E-state index in [0.717, 1.165) is 42.4 Å². The second-order valence-corrected chi connectivity index (χ2v) is 6.75. The third-order valence-corrected chi connectivity index (χ3v) is 4.47. The Morgan fingerprint density at radius 1 is 1.38 bits per heavy atom. The highest BCUT2D eigenvalue weighted by atomic mass is 32.2. The molecule has 1 aliphatic rings. The summed E-state index contributed by atoms with van der Waals surface area (Å²) in [6, 6.07) is 2.11. The van der Waals surface area contributed by atoms with Crippen molar-refractivity contribution in [3.05, 3.63) is 16.0 Å². The summed E-state index contributed by atoms with van der Waals surface area (Å²) in [5.74, 6) is 0. The van der Waals surface area contributed by atoms with Gasteiger partial charge in [0.1, 0.15) is 11.1 Å². The minimum absolute atomic E-state index is 0.483. The molecule has 6 heteroatoms. The molecule has 0 radical (unpaired) electrons. The van der Waals surface area contributed by atoms with E-state index in [1.165, 1.54) is 11.3 Å². The molecule has 1 aromatic heterocycles. The Morgan fingerprint density at radius 2 is 2.06 bits per heavy atom. The molecule has 0 spiro atoms. The summed E-state index contributed by atoms with van der Waals surface area (Å²) in [5.41, 5.74) is 1.56. The van der Waals surface area contributed by atoms with E-state index < -0.39 is 10.0 Å². The van der Waals surface area contributed by atoms with Crippen molar-refractivity contribution in [2.75, 3.05) is 11.0 Å². The van der Waals surface area contributed by atoms with Gasteiger partial charge in [-0.25, -0.2) is 8.42 Å². The average Bonchev–Trinajstić information content (AvgIpc) is 2.51. The number of thiophene rings is 1. The maximum atomic E-state index is 11.2. The van der Waals surface area contributed by atoms with Crippen LogP contribution in [0.25, 0.3) is 0 Å². The topological polar surface area (TPSA) is 70.0 Å². The van der Waals surface area contributed by atoms with E-state index in [1.54, 1.807) is 0 Å². The Kier molecular flexibility index (Phi) is 2.91. The van der Waals surface area contributed by atoms with E-state index in [0.29, 0.717) is 10.6 Å². The van der Waals surface area contributed by atoms with Gasteiger partial charge in [0.15, 0.2) is 0 Å². The minimum Gasteiger partial charge on any atom is -0.273 e. The SMILES string of the molecule is CS(=O)(=O)Nc1sc2c(c1C#N)CCCC2. The van der Waals surface area contributed by atoms with Gasteiger partial charge in [0.25, 0.3) is 0 Å². The van der Waals surface area contributed by atoms with E-state index in [-0.39, 0.29) is 0 Å². The number of nitriles is 1. The summed E-state index contributed by atoms with van der Waals surface area (Å²) in [4.78, 5) is 1.16. The molecule has 0 aromatic carbocycles. The highest BCUT2D eigenvalue weighted by Crippen LogP contribution is 2.37. The van der Waals surface area contributed by atoms with Crippen LogP contribution in [0.4, 0.5) is 5.00 Å². The van der Waals surface area contributed by atoms with Crippen molar-refractivity contribution in [1.29, 1.82) is 5.26 Å². The maximum Gasteiger partial charge on any atom is 0.230 e. The number of hydrogen-bond acceptors (Lipinski definition) is 4. The lowest BCUT2D eigenvalue weighted by Crippen LogP contribution is -2.09. The largest absolute Gasteiger partial charge is 0.273 e. The van der Waals surface area contributed by atoms with Crippen molar-refractivity contribution in [2.24, 2.45) is 0 Å². The number of sulfonamides is 1. The smallest absolute Gasteiger partial charge is 0.230 e. The number of fused-ring (bicyclic) bond motifs is 1. The molecule has 0 fully saturated rings. The second-order valence-electron chi connectivity index (χ2n) is 3.90. The zero-order chi connectivity index (χ0) is 11.8. The lowest BCUT2D eigenvalue weighted by molar-refractivity contribution is 0.607. The van der Waals surface area contributed by atoms with Crippen LogP contribution >= 0.6 is 11.3 Å². The van der Waals surface area contributed by atoms with Crippen LogP contribution < -0.4 is 4.72 Å². The zero-order valence-corrected chi connectivity index (χ0v) is 10.5. The summed E-state index contributed by atoms with van der Waals surface area (Å²) in [5, 5.41) is 9.57. The predicted octanol–water partition coefficient (Wildman–Crippen LogP) is 1.87. The number of nitrogens with zero attached hydrogens (tertiary/aromatic N) is 1. The quantitative estimate of drug-likeness (QED) is 0.878. The van der Waals surface area contributed by atoms with E-state index in [1.807, 2.05) is 0 Å². The molecule has 0 aliphatic heterocycles. The first kappa shape index (κ1) is 11.4. The summed E-state index contributed by atoms with van der Waals surface area (Å²) >= 11 is 1.40. The van der Waals surface area contributed by atoms with Crippen LogP contribution in [0.1, 0.15) is 28.8 Å². The van der Waals surface area contributed by atoms with Crippen molar-refractivity contribution >= 4 is 26.4 Å². The molecule has 16 heavy (non-hydrogen) atoms. The minimum atomic E-state index is -3.30. The molecular formula is C10H12N2O2S2. The molecule has 0 bridgehead atoms. The third-order valence-electron chi connectivity index (χ3n) is 2.56. The first-order chi connectivity index (χ1) is 7.51. The van der Waals surface area contributed by atoms with E-state index in [2.05, 4.69) is 10.8 Å². The van der Waals surface area contributed by atoms with Gasteiger partial charge in [-0.05, 0) is 31.2 Å². The number of hydrogen-bond donors (Lipinski definition) is 1. The standard InChI is InChI=1S/C10H12N2O2S2/c1-16(13,14)12-10-8(6-11)7-4-2-3-5-9(7)15-10/h12H,2-5H2,1H3. The lowest BCUT2D eigenvalue weighted by Gasteiger charge is -2.09.